The third kappa shape index (κ3) is 4.41. The molecular formula is C17H19NO3. The van der Waals surface area contributed by atoms with Gasteiger partial charge in [-0.25, -0.2) is 0 Å². The lowest BCUT2D eigenvalue weighted by Crippen LogP contribution is -2.16. The fraction of sp³-hybridized carbons (Fsp3) is 0.235. The molecule has 110 valence electrons. The number of ether oxygens (including phenoxy) is 1. The van der Waals surface area contributed by atoms with Crippen LogP contribution in [0.15, 0.2) is 54.6 Å². The minimum absolute atomic E-state index is 0.0192. The molecule has 0 aliphatic carbocycles. The van der Waals surface area contributed by atoms with Gasteiger partial charge in [-0.3, -0.25) is 4.79 Å². The van der Waals surface area contributed by atoms with Crippen LogP contribution in [0.1, 0.15) is 23.7 Å². The summed E-state index contributed by atoms with van der Waals surface area (Å²) in [5, 5.41) is 12.9. The summed E-state index contributed by atoms with van der Waals surface area (Å²) in [5.74, 6) is -0.227. The molecule has 0 fully saturated rings. The average Bonchev–Trinajstić information content (AvgIpc) is 2.50. The minimum atomic E-state index is -0.805. The number of benzene rings is 2. The van der Waals surface area contributed by atoms with Crippen LogP contribution in [0.3, 0.4) is 0 Å². The zero-order valence-corrected chi connectivity index (χ0v) is 12.0. The Labute approximate surface area is 124 Å². The first-order chi connectivity index (χ1) is 10.2. The van der Waals surface area contributed by atoms with E-state index in [0.717, 1.165) is 11.1 Å². The summed E-state index contributed by atoms with van der Waals surface area (Å²) in [4.78, 5) is 12.0. The molecule has 1 unspecified atom stereocenters. The van der Waals surface area contributed by atoms with E-state index in [1.165, 1.54) is 0 Å². The number of nitrogens with one attached hydrogen (secondary N) is 1. The first-order valence-electron chi connectivity index (χ1n) is 6.80. The summed E-state index contributed by atoms with van der Waals surface area (Å²) < 4.78 is 5.10. The van der Waals surface area contributed by atoms with Crippen LogP contribution in [-0.2, 0) is 16.1 Å². The fourth-order valence-electron chi connectivity index (χ4n) is 2.09. The number of hydrogen-bond acceptors (Lipinski definition) is 3. The third-order valence-electron chi connectivity index (χ3n) is 3.15. The molecule has 1 amide bonds. The predicted molar refractivity (Wildman–Crippen MR) is 81.8 cm³/mol. The summed E-state index contributed by atoms with van der Waals surface area (Å²) in [6.45, 7) is 0.428. The van der Waals surface area contributed by atoms with E-state index in [1.807, 2.05) is 42.5 Å². The zero-order chi connectivity index (χ0) is 15.1. The van der Waals surface area contributed by atoms with Gasteiger partial charge in [0.15, 0.2) is 0 Å². The van der Waals surface area contributed by atoms with E-state index in [9.17, 15) is 9.90 Å². The number of carbonyl (C=O) groups is 1. The van der Waals surface area contributed by atoms with Crippen molar-refractivity contribution in [3.63, 3.8) is 0 Å². The van der Waals surface area contributed by atoms with Gasteiger partial charge in [0.05, 0.1) is 19.1 Å². The maximum Gasteiger partial charge on any atom is 0.227 e. The Morgan fingerprint density at radius 1 is 1.14 bits per heavy atom. The molecule has 0 saturated carbocycles. The van der Waals surface area contributed by atoms with E-state index >= 15 is 0 Å². The van der Waals surface area contributed by atoms with Crippen LogP contribution in [-0.4, -0.2) is 18.1 Å². The van der Waals surface area contributed by atoms with Gasteiger partial charge < -0.3 is 15.2 Å². The van der Waals surface area contributed by atoms with Crippen molar-refractivity contribution < 1.29 is 14.6 Å². The predicted octanol–water partition coefficient (Wildman–Crippen LogP) is 2.90. The maximum absolute atomic E-state index is 12.0. The van der Waals surface area contributed by atoms with Crippen molar-refractivity contribution in [1.29, 1.82) is 0 Å². The van der Waals surface area contributed by atoms with Gasteiger partial charge in [0.1, 0.15) is 0 Å². The summed E-state index contributed by atoms with van der Waals surface area (Å²) in [6, 6.07) is 16.6. The number of rotatable bonds is 6. The van der Waals surface area contributed by atoms with Gasteiger partial charge in [-0.05, 0) is 11.6 Å². The summed E-state index contributed by atoms with van der Waals surface area (Å²) in [5.41, 5.74) is 2.35. The minimum Gasteiger partial charge on any atom is -0.388 e. The Bertz CT molecular complexity index is 584. The highest BCUT2D eigenvalue weighted by Gasteiger charge is 2.13. The zero-order valence-electron chi connectivity index (χ0n) is 12.0. The number of carbonyl (C=O) groups excluding carboxylic acids is 1. The molecule has 2 aromatic carbocycles. The standard InChI is InChI=1S/C17H19NO3/c1-21-12-14-9-5-6-10-15(14)18-17(20)11-16(19)13-7-3-2-4-8-13/h2-10,16,19H,11-12H2,1H3,(H,18,20). The average molecular weight is 285 g/mol. The van der Waals surface area contributed by atoms with Crippen molar-refractivity contribution in [2.75, 3.05) is 12.4 Å². The number of anilines is 1. The SMILES string of the molecule is COCc1ccccc1NC(=O)CC(O)c1ccccc1. The number of methoxy groups -OCH3 is 1. The summed E-state index contributed by atoms with van der Waals surface area (Å²) in [6.07, 6.45) is -0.786. The Morgan fingerprint density at radius 3 is 2.52 bits per heavy atom. The first kappa shape index (κ1) is 15.2. The molecule has 2 rings (SSSR count). The molecule has 2 N–H and O–H groups in total. The van der Waals surface area contributed by atoms with Crippen LogP contribution in [0.4, 0.5) is 5.69 Å². The Hall–Kier alpha value is -2.17. The third-order valence-corrected chi connectivity index (χ3v) is 3.15. The van der Waals surface area contributed by atoms with Gasteiger partial charge >= 0.3 is 0 Å². The molecule has 0 radical (unpaired) electrons. The highest BCUT2D eigenvalue weighted by molar-refractivity contribution is 5.91. The normalized spacial score (nSPS) is 11.9. The van der Waals surface area contributed by atoms with E-state index in [-0.39, 0.29) is 12.3 Å². The highest BCUT2D eigenvalue weighted by atomic mass is 16.5. The van der Waals surface area contributed by atoms with E-state index in [4.69, 9.17) is 4.74 Å². The van der Waals surface area contributed by atoms with Crippen molar-refractivity contribution in [2.45, 2.75) is 19.1 Å². The van der Waals surface area contributed by atoms with Crippen LogP contribution >= 0.6 is 0 Å². The molecule has 4 heteroatoms. The number of aliphatic hydroxyl groups excluding tert-OH is 1. The molecule has 0 spiro atoms. The van der Waals surface area contributed by atoms with Crippen molar-refractivity contribution in [3.05, 3.63) is 65.7 Å². The smallest absolute Gasteiger partial charge is 0.227 e. The Kier molecular flexibility index (Phi) is 5.49. The maximum atomic E-state index is 12.0. The molecule has 0 aliphatic heterocycles. The lowest BCUT2D eigenvalue weighted by Gasteiger charge is -2.13. The molecule has 4 nitrogen and oxygen atoms in total. The van der Waals surface area contributed by atoms with E-state index < -0.39 is 6.10 Å². The molecule has 0 bridgehead atoms. The van der Waals surface area contributed by atoms with Gasteiger partial charge in [-0.15, -0.1) is 0 Å². The molecule has 1 atom stereocenters. The largest absolute Gasteiger partial charge is 0.388 e. The van der Waals surface area contributed by atoms with Gasteiger partial charge in [0.25, 0.3) is 0 Å². The number of hydrogen-bond donors (Lipinski definition) is 2. The molecular weight excluding hydrogens is 266 g/mol. The quantitative estimate of drug-likeness (QED) is 0.858. The van der Waals surface area contributed by atoms with Gasteiger partial charge in [0, 0.05) is 18.4 Å². The molecule has 0 saturated heterocycles. The lowest BCUT2D eigenvalue weighted by atomic mass is 10.1. The summed E-state index contributed by atoms with van der Waals surface area (Å²) in [7, 11) is 1.61. The van der Waals surface area contributed by atoms with Gasteiger partial charge in [0.2, 0.25) is 5.91 Å². The second-order valence-corrected chi connectivity index (χ2v) is 4.77. The molecule has 0 heterocycles. The first-order valence-corrected chi connectivity index (χ1v) is 6.80. The fourth-order valence-corrected chi connectivity index (χ4v) is 2.09. The van der Waals surface area contributed by atoms with Gasteiger partial charge in [-0.2, -0.15) is 0 Å². The second-order valence-electron chi connectivity index (χ2n) is 4.77. The number of aliphatic hydroxyl groups is 1. The Morgan fingerprint density at radius 2 is 1.81 bits per heavy atom. The monoisotopic (exact) mass is 285 g/mol. The van der Waals surface area contributed by atoms with Crippen LogP contribution < -0.4 is 5.32 Å². The number of para-hydroxylation sites is 1. The van der Waals surface area contributed by atoms with Crippen molar-refractivity contribution in [3.8, 4) is 0 Å². The molecule has 2 aromatic rings. The topological polar surface area (TPSA) is 58.6 Å². The molecule has 0 aromatic heterocycles. The van der Waals surface area contributed by atoms with E-state index in [1.54, 1.807) is 19.2 Å². The number of amides is 1. The highest BCUT2D eigenvalue weighted by Crippen LogP contribution is 2.19. The second kappa shape index (κ2) is 7.57. The molecule has 21 heavy (non-hydrogen) atoms. The van der Waals surface area contributed by atoms with Crippen LogP contribution in [0.5, 0.6) is 0 Å². The van der Waals surface area contributed by atoms with Crippen molar-refractivity contribution >= 4 is 11.6 Å². The van der Waals surface area contributed by atoms with E-state index in [2.05, 4.69) is 5.32 Å². The van der Waals surface area contributed by atoms with Crippen LogP contribution in [0.2, 0.25) is 0 Å². The Balaban J connectivity index is 1.99. The van der Waals surface area contributed by atoms with Crippen molar-refractivity contribution in [2.24, 2.45) is 0 Å². The van der Waals surface area contributed by atoms with E-state index in [0.29, 0.717) is 12.3 Å². The van der Waals surface area contributed by atoms with Crippen molar-refractivity contribution in [1.82, 2.24) is 0 Å². The van der Waals surface area contributed by atoms with Crippen LogP contribution in [0.25, 0.3) is 0 Å². The molecule has 0 aliphatic rings. The van der Waals surface area contributed by atoms with Crippen LogP contribution in [0, 0.1) is 0 Å². The van der Waals surface area contributed by atoms with Gasteiger partial charge in [-0.1, -0.05) is 48.5 Å². The summed E-state index contributed by atoms with van der Waals surface area (Å²) >= 11 is 0. The lowest BCUT2D eigenvalue weighted by molar-refractivity contribution is -0.118.